The highest BCUT2D eigenvalue weighted by molar-refractivity contribution is 4.77. The standard InChI is InChI=1S/C22H42O/c1-3-5-7-19-8-10-20(11-9-19)12-13-21-14-16-22(17-15-21)23-18-6-4-2/h19-22H,3-18H2,1-2H3. The normalized spacial score (nSPS) is 32.1. The SMILES string of the molecule is CCCCOC1CCC(CCC2CCC(CCCC)CC2)CC1. The van der Waals surface area contributed by atoms with Crippen LogP contribution in [0.3, 0.4) is 0 Å². The fourth-order valence-corrected chi connectivity index (χ4v) is 4.75. The van der Waals surface area contributed by atoms with Gasteiger partial charge in [0.25, 0.3) is 0 Å². The lowest BCUT2D eigenvalue weighted by Crippen LogP contribution is -2.23. The molecule has 2 aliphatic carbocycles. The van der Waals surface area contributed by atoms with Gasteiger partial charge in [0.2, 0.25) is 0 Å². The number of hydrogen-bond acceptors (Lipinski definition) is 1. The van der Waals surface area contributed by atoms with Crippen molar-refractivity contribution in [3.05, 3.63) is 0 Å². The fraction of sp³-hybridized carbons (Fsp3) is 1.00. The second kappa shape index (κ2) is 11.5. The van der Waals surface area contributed by atoms with Crippen LogP contribution in [0.1, 0.15) is 110 Å². The van der Waals surface area contributed by atoms with E-state index in [1.165, 1.54) is 96.3 Å². The zero-order chi connectivity index (χ0) is 16.3. The summed E-state index contributed by atoms with van der Waals surface area (Å²) in [5, 5.41) is 0. The summed E-state index contributed by atoms with van der Waals surface area (Å²) in [4.78, 5) is 0. The number of hydrogen-bond donors (Lipinski definition) is 0. The van der Waals surface area contributed by atoms with Crippen molar-refractivity contribution in [2.45, 2.75) is 116 Å². The van der Waals surface area contributed by atoms with Crippen molar-refractivity contribution in [3.8, 4) is 0 Å². The van der Waals surface area contributed by atoms with Crippen LogP contribution in [-0.2, 0) is 4.74 Å². The van der Waals surface area contributed by atoms with Crippen LogP contribution in [0.4, 0.5) is 0 Å². The van der Waals surface area contributed by atoms with E-state index >= 15 is 0 Å². The minimum atomic E-state index is 0.590. The van der Waals surface area contributed by atoms with E-state index in [9.17, 15) is 0 Å². The third kappa shape index (κ3) is 7.59. The molecule has 0 bridgehead atoms. The molecule has 0 heterocycles. The molecule has 0 atom stereocenters. The molecule has 0 radical (unpaired) electrons. The van der Waals surface area contributed by atoms with Gasteiger partial charge in [-0.15, -0.1) is 0 Å². The molecule has 1 nitrogen and oxygen atoms in total. The first-order valence-corrected chi connectivity index (χ1v) is 10.9. The molecule has 2 saturated carbocycles. The zero-order valence-electron chi connectivity index (χ0n) is 16.0. The molecule has 0 aromatic carbocycles. The summed E-state index contributed by atoms with van der Waals surface area (Å²) in [6.07, 6.45) is 22.1. The largest absolute Gasteiger partial charge is 0.378 e. The molecular formula is C22H42O. The van der Waals surface area contributed by atoms with E-state index in [2.05, 4.69) is 13.8 Å². The summed E-state index contributed by atoms with van der Waals surface area (Å²) in [7, 11) is 0. The Labute approximate surface area is 146 Å². The van der Waals surface area contributed by atoms with Gasteiger partial charge in [-0.05, 0) is 49.9 Å². The first kappa shape index (κ1) is 19.3. The average molecular weight is 323 g/mol. The highest BCUT2D eigenvalue weighted by Gasteiger charge is 2.24. The van der Waals surface area contributed by atoms with Gasteiger partial charge in [0.05, 0.1) is 6.10 Å². The van der Waals surface area contributed by atoms with Crippen LogP contribution in [0, 0.1) is 17.8 Å². The van der Waals surface area contributed by atoms with Crippen LogP contribution in [0.5, 0.6) is 0 Å². The number of rotatable bonds is 10. The molecule has 0 amide bonds. The Balaban J connectivity index is 1.51. The predicted octanol–water partition coefficient (Wildman–Crippen LogP) is 7.14. The average Bonchev–Trinajstić information content (AvgIpc) is 2.60. The van der Waals surface area contributed by atoms with Gasteiger partial charge in [-0.25, -0.2) is 0 Å². The molecule has 0 saturated heterocycles. The van der Waals surface area contributed by atoms with Gasteiger partial charge in [-0.1, -0.05) is 78.1 Å². The second-order valence-corrected chi connectivity index (χ2v) is 8.47. The van der Waals surface area contributed by atoms with Crippen molar-refractivity contribution in [2.24, 2.45) is 17.8 Å². The fourth-order valence-electron chi connectivity index (χ4n) is 4.75. The first-order valence-electron chi connectivity index (χ1n) is 10.9. The van der Waals surface area contributed by atoms with E-state index in [1.807, 2.05) is 0 Å². The third-order valence-electron chi connectivity index (χ3n) is 6.56. The summed E-state index contributed by atoms with van der Waals surface area (Å²) >= 11 is 0. The Bertz CT molecular complexity index is 272. The predicted molar refractivity (Wildman–Crippen MR) is 101 cm³/mol. The molecule has 23 heavy (non-hydrogen) atoms. The lowest BCUT2D eigenvalue weighted by atomic mass is 9.76. The molecule has 136 valence electrons. The van der Waals surface area contributed by atoms with Crippen LogP contribution < -0.4 is 0 Å². The summed E-state index contributed by atoms with van der Waals surface area (Å²) in [5.74, 6) is 3.15. The monoisotopic (exact) mass is 322 g/mol. The molecule has 2 rings (SSSR count). The lowest BCUT2D eigenvalue weighted by molar-refractivity contribution is 0.0150. The molecular weight excluding hydrogens is 280 g/mol. The van der Waals surface area contributed by atoms with Crippen LogP contribution in [0.2, 0.25) is 0 Å². The smallest absolute Gasteiger partial charge is 0.0575 e. The summed E-state index contributed by atoms with van der Waals surface area (Å²) < 4.78 is 6.01. The minimum Gasteiger partial charge on any atom is -0.378 e. The van der Waals surface area contributed by atoms with Crippen LogP contribution in [0.25, 0.3) is 0 Å². The van der Waals surface area contributed by atoms with Crippen LogP contribution in [0.15, 0.2) is 0 Å². The molecule has 0 unspecified atom stereocenters. The third-order valence-corrected chi connectivity index (χ3v) is 6.56. The highest BCUT2D eigenvalue weighted by atomic mass is 16.5. The van der Waals surface area contributed by atoms with Gasteiger partial charge in [-0.3, -0.25) is 0 Å². The Kier molecular flexibility index (Phi) is 9.65. The highest BCUT2D eigenvalue weighted by Crippen LogP contribution is 2.37. The Morgan fingerprint density at radius 3 is 1.61 bits per heavy atom. The van der Waals surface area contributed by atoms with Gasteiger partial charge in [-0.2, -0.15) is 0 Å². The van der Waals surface area contributed by atoms with Crippen molar-refractivity contribution in [1.29, 1.82) is 0 Å². The van der Waals surface area contributed by atoms with E-state index in [0.29, 0.717) is 6.10 Å². The quantitative estimate of drug-likeness (QED) is 0.388. The number of unbranched alkanes of at least 4 members (excludes halogenated alkanes) is 2. The van der Waals surface area contributed by atoms with Gasteiger partial charge in [0.1, 0.15) is 0 Å². The Hall–Kier alpha value is -0.0400. The maximum Gasteiger partial charge on any atom is 0.0575 e. The van der Waals surface area contributed by atoms with E-state index < -0.39 is 0 Å². The van der Waals surface area contributed by atoms with Crippen molar-refractivity contribution >= 4 is 0 Å². The van der Waals surface area contributed by atoms with Crippen molar-refractivity contribution < 1.29 is 4.74 Å². The molecule has 0 N–H and O–H groups in total. The minimum absolute atomic E-state index is 0.590. The van der Waals surface area contributed by atoms with Crippen molar-refractivity contribution in [1.82, 2.24) is 0 Å². The first-order chi connectivity index (χ1) is 11.3. The van der Waals surface area contributed by atoms with Crippen molar-refractivity contribution in [2.75, 3.05) is 6.61 Å². The van der Waals surface area contributed by atoms with E-state index in [-0.39, 0.29) is 0 Å². The van der Waals surface area contributed by atoms with Gasteiger partial charge >= 0.3 is 0 Å². The zero-order valence-corrected chi connectivity index (χ0v) is 16.0. The van der Waals surface area contributed by atoms with Crippen LogP contribution in [-0.4, -0.2) is 12.7 Å². The maximum absolute atomic E-state index is 6.01. The molecule has 0 aromatic rings. The second-order valence-electron chi connectivity index (χ2n) is 8.47. The van der Waals surface area contributed by atoms with Crippen molar-refractivity contribution in [3.63, 3.8) is 0 Å². The Morgan fingerprint density at radius 2 is 1.09 bits per heavy atom. The van der Waals surface area contributed by atoms with Gasteiger partial charge < -0.3 is 4.74 Å². The lowest BCUT2D eigenvalue weighted by Gasteiger charge is -2.32. The summed E-state index contributed by atoms with van der Waals surface area (Å²) in [6.45, 7) is 5.57. The van der Waals surface area contributed by atoms with E-state index in [1.54, 1.807) is 0 Å². The molecule has 2 aliphatic rings. The maximum atomic E-state index is 6.01. The molecule has 0 aliphatic heterocycles. The van der Waals surface area contributed by atoms with Gasteiger partial charge in [0.15, 0.2) is 0 Å². The Morgan fingerprint density at radius 1 is 0.609 bits per heavy atom. The molecule has 1 heteroatoms. The van der Waals surface area contributed by atoms with E-state index in [0.717, 1.165) is 24.4 Å². The molecule has 0 spiro atoms. The summed E-state index contributed by atoms with van der Waals surface area (Å²) in [6, 6.07) is 0. The molecule has 0 aromatic heterocycles. The summed E-state index contributed by atoms with van der Waals surface area (Å²) in [5.41, 5.74) is 0. The van der Waals surface area contributed by atoms with Gasteiger partial charge in [0, 0.05) is 6.61 Å². The number of ether oxygens (including phenoxy) is 1. The molecule has 2 fully saturated rings. The topological polar surface area (TPSA) is 9.23 Å². The van der Waals surface area contributed by atoms with Crippen LogP contribution >= 0.6 is 0 Å². The van der Waals surface area contributed by atoms with E-state index in [4.69, 9.17) is 4.74 Å².